The molecule has 0 bridgehead atoms. The molecule has 1 N–H and O–H groups in total. The van der Waals surface area contributed by atoms with Gasteiger partial charge in [-0.1, -0.05) is 6.07 Å². The molecule has 1 aliphatic carbocycles. The highest BCUT2D eigenvalue weighted by Gasteiger charge is 2.27. The summed E-state index contributed by atoms with van der Waals surface area (Å²) in [5.74, 6) is 1.93. The Kier molecular flexibility index (Phi) is 5.63. The molecular weight excluding hydrogens is 392 g/mol. The Morgan fingerprint density at radius 2 is 1.90 bits per heavy atom. The number of anilines is 2. The molecule has 0 radical (unpaired) electrons. The zero-order chi connectivity index (χ0) is 21.4. The van der Waals surface area contributed by atoms with Crippen molar-refractivity contribution in [2.45, 2.75) is 57.7 Å². The monoisotopic (exact) mass is 422 g/mol. The molecule has 164 valence electrons. The standard InChI is InChI=1S/C24H30N4O3/c1-15-13-28(14-16(2)31-15)23-11-20(19-7-9-30-10-8-21(19)26-23)24(29)27-22-6-5-18(12-25-22)17-3-4-17/h5-6,11-12,15-17H,3-4,7-10,13-14H2,1-2H3,(H,25,27,29)/t15-,16+. The van der Waals surface area contributed by atoms with E-state index in [4.69, 9.17) is 14.5 Å². The fourth-order valence-corrected chi connectivity index (χ4v) is 4.59. The summed E-state index contributed by atoms with van der Waals surface area (Å²) < 4.78 is 11.6. The van der Waals surface area contributed by atoms with Gasteiger partial charge in [0.1, 0.15) is 11.6 Å². The molecule has 2 atom stereocenters. The summed E-state index contributed by atoms with van der Waals surface area (Å²) in [4.78, 5) is 25.0. The second-order valence-corrected chi connectivity index (χ2v) is 8.93. The third-order valence-corrected chi connectivity index (χ3v) is 6.24. The maximum absolute atomic E-state index is 13.3. The minimum atomic E-state index is -0.136. The van der Waals surface area contributed by atoms with Gasteiger partial charge in [-0.25, -0.2) is 9.97 Å². The highest BCUT2D eigenvalue weighted by atomic mass is 16.5. The lowest BCUT2D eigenvalue weighted by Gasteiger charge is -2.36. The molecule has 2 aromatic heterocycles. The van der Waals surface area contributed by atoms with Crippen molar-refractivity contribution >= 4 is 17.5 Å². The molecule has 0 aromatic carbocycles. The number of amides is 1. The number of nitrogens with zero attached hydrogens (tertiary/aromatic N) is 3. The fraction of sp³-hybridized carbons (Fsp3) is 0.542. The van der Waals surface area contributed by atoms with Crippen LogP contribution in [0.1, 0.15) is 59.8 Å². The summed E-state index contributed by atoms with van der Waals surface area (Å²) >= 11 is 0. The molecular formula is C24H30N4O3. The van der Waals surface area contributed by atoms with Crippen LogP contribution >= 0.6 is 0 Å². The summed E-state index contributed by atoms with van der Waals surface area (Å²) in [6.07, 6.45) is 6.01. The zero-order valence-electron chi connectivity index (χ0n) is 18.3. The van der Waals surface area contributed by atoms with E-state index in [9.17, 15) is 4.79 Å². The van der Waals surface area contributed by atoms with Crippen molar-refractivity contribution in [3.63, 3.8) is 0 Å². The molecule has 4 heterocycles. The molecule has 2 aliphatic heterocycles. The Balaban J connectivity index is 1.44. The number of carbonyl (C=O) groups is 1. The van der Waals surface area contributed by atoms with Crippen LogP contribution in [0.4, 0.5) is 11.6 Å². The maximum atomic E-state index is 13.3. The number of fused-ring (bicyclic) bond motifs is 1. The molecule has 31 heavy (non-hydrogen) atoms. The van der Waals surface area contributed by atoms with Gasteiger partial charge in [-0.05, 0) is 62.3 Å². The van der Waals surface area contributed by atoms with E-state index >= 15 is 0 Å². The van der Waals surface area contributed by atoms with Gasteiger partial charge in [0, 0.05) is 37.0 Å². The van der Waals surface area contributed by atoms with Crippen LogP contribution in [-0.4, -0.2) is 54.4 Å². The van der Waals surface area contributed by atoms with E-state index in [1.165, 1.54) is 18.4 Å². The van der Waals surface area contributed by atoms with Gasteiger partial charge in [-0.15, -0.1) is 0 Å². The largest absolute Gasteiger partial charge is 0.381 e. The smallest absolute Gasteiger partial charge is 0.257 e. The Morgan fingerprint density at radius 1 is 1.13 bits per heavy atom. The predicted molar refractivity (Wildman–Crippen MR) is 119 cm³/mol. The van der Waals surface area contributed by atoms with Crippen LogP contribution in [0.5, 0.6) is 0 Å². The van der Waals surface area contributed by atoms with Crippen LogP contribution in [-0.2, 0) is 22.3 Å². The minimum Gasteiger partial charge on any atom is -0.381 e. The van der Waals surface area contributed by atoms with E-state index < -0.39 is 0 Å². The highest BCUT2D eigenvalue weighted by Crippen LogP contribution is 2.39. The van der Waals surface area contributed by atoms with E-state index in [-0.39, 0.29) is 18.1 Å². The molecule has 2 aromatic rings. The summed E-state index contributed by atoms with van der Waals surface area (Å²) in [6, 6.07) is 5.91. The molecule has 1 saturated carbocycles. The first-order valence-electron chi connectivity index (χ1n) is 11.3. The average molecular weight is 423 g/mol. The van der Waals surface area contributed by atoms with Crippen molar-refractivity contribution in [1.82, 2.24) is 9.97 Å². The molecule has 3 aliphatic rings. The maximum Gasteiger partial charge on any atom is 0.257 e. The molecule has 0 spiro atoms. The lowest BCUT2D eigenvalue weighted by Crippen LogP contribution is -2.46. The lowest BCUT2D eigenvalue weighted by molar-refractivity contribution is -0.00547. The van der Waals surface area contributed by atoms with Crippen LogP contribution in [0, 0.1) is 0 Å². The SMILES string of the molecule is C[C@@H]1CN(c2cc(C(=O)Nc3ccc(C4CC4)cn3)c3c(n2)CCOCC3)C[C@H](C)O1. The quantitative estimate of drug-likeness (QED) is 0.815. The number of rotatable bonds is 4. The normalized spacial score (nSPS) is 23.7. The number of carbonyl (C=O) groups excluding carboxylic acids is 1. The fourth-order valence-electron chi connectivity index (χ4n) is 4.59. The van der Waals surface area contributed by atoms with Gasteiger partial charge >= 0.3 is 0 Å². The van der Waals surface area contributed by atoms with Crippen molar-refractivity contribution in [3.8, 4) is 0 Å². The van der Waals surface area contributed by atoms with Crippen molar-refractivity contribution < 1.29 is 14.3 Å². The Bertz CT molecular complexity index is 948. The highest BCUT2D eigenvalue weighted by molar-refractivity contribution is 6.05. The summed E-state index contributed by atoms with van der Waals surface area (Å²) in [5, 5.41) is 3.00. The number of hydrogen-bond donors (Lipinski definition) is 1. The van der Waals surface area contributed by atoms with Crippen molar-refractivity contribution in [1.29, 1.82) is 0 Å². The topological polar surface area (TPSA) is 76.6 Å². The molecule has 1 amide bonds. The van der Waals surface area contributed by atoms with E-state index in [0.717, 1.165) is 30.2 Å². The third-order valence-electron chi connectivity index (χ3n) is 6.24. The van der Waals surface area contributed by atoms with E-state index in [1.807, 2.05) is 18.3 Å². The lowest BCUT2D eigenvalue weighted by atomic mass is 10.0. The molecule has 7 heteroatoms. The van der Waals surface area contributed by atoms with Crippen molar-refractivity contribution in [3.05, 3.63) is 46.8 Å². The van der Waals surface area contributed by atoms with Crippen LogP contribution < -0.4 is 10.2 Å². The number of nitrogens with one attached hydrogen (secondary N) is 1. The molecule has 2 fully saturated rings. The molecule has 0 unspecified atom stereocenters. The van der Waals surface area contributed by atoms with Gasteiger partial charge in [0.25, 0.3) is 5.91 Å². The molecule has 1 saturated heterocycles. The number of ether oxygens (including phenoxy) is 2. The average Bonchev–Trinajstić information content (AvgIpc) is 3.60. The van der Waals surface area contributed by atoms with Gasteiger partial charge in [0.2, 0.25) is 0 Å². The first kappa shape index (κ1) is 20.4. The second kappa shape index (κ2) is 8.55. The van der Waals surface area contributed by atoms with E-state index in [2.05, 4.69) is 35.1 Å². The van der Waals surface area contributed by atoms with Crippen LogP contribution in [0.2, 0.25) is 0 Å². The van der Waals surface area contributed by atoms with Gasteiger partial charge < -0.3 is 19.7 Å². The first-order valence-corrected chi connectivity index (χ1v) is 11.3. The van der Waals surface area contributed by atoms with Gasteiger partial charge in [-0.3, -0.25) is 4.79 Å². The van der Waals surface area contributed by atoms with Crippen LogP contribution in [0.25, 0.3) is 0 Å². The molecule has 5 rings (SSSR count). The summed E-state index contributed by atoms with van der Waals surface area (Å²) in [5.41, 5.74) is 3.88. The molecule has 7 nitrogen and oxygen atoms in total. The number of morpholine rings is 1. The third kappa shape index (κ3) is 4.57. The van der Waals surface area contributed by atoms with E-state index in [1.54, 1.807) is 0 Å². The summed E-state index contributed by atoms with van der Waals surface area (Å²) in [7, 11) is 0. The van der Waals surface area contributed by atoms with E-state index in [0.29, 0.717) is 43.4 Å². The summed E-state index contributed by atoms with van der Waals surface area (Å²) in [6.45, 7) is 6.91. The Morgan fingerprint density at radius 3 is 2.61 bits per heavy atom. The van der Waals surface area contributed by atoms with Crippen LogP contribution in [0.15, 0.2) is 24.4 Å². The van der Waals surface area contributed by atoms with Crippen molar-refractivity contribution in [2.24, 2.45) is 0 Å². The zero-order valence-corrected chi connectivity index (χ0v) is 18.3. The van der Waals surface area contributed by atoms with Gasteiger partial charge in [0.15, 0.2) is 0 Å². The number of hydrogen-bond acceptors (Lipinski definition) is 6. The Hall–Kier alpha value is -2.51. The number of aromatic nitrogens is 2. The van der Waals surface area contributed by atoms with Crippen molar-refractivity contribution in [2.75, 3.05) is 36.5 Å². The Labute approximate surface area is 183 Å². The number of pyridine rings is 2. The minimum absolute atomic E-state index is 0.124. The first-order chi connectivity index (χ1) is 15.1. The predicted octanol–water partition coefficient (Wildman–Crippen LogP) is 3.34. The van der Waals surface area contributed by atoms with Gasteiger partial charge in [-0.2, -0.15) is 0 Å². The van der Waals surface area contributed by atoms with Crippen LogP contribution in [0.3, 0.4) is 0 Å². The second-order valence-electron chi connectivity index (χ2n) is 8.93. The van der Waals surface area contributed by atoms with Gasteiger partial charge in [0.05, 0.1) is 25.4 Å².